The first-order chi connectivity index (χ1) is 9.65. The predicted octanol–water partition coefficient (Wildman–Crippen LogP) is 5.82. The summed E-state index contributed by atoms with van der Waals surface area (Å²) in [6, 6.07) is 10.6. The maximum atomic E-state index is 6.40. The van der Waals surface area contributed by atoms with Crippen LogP contribution in [0.5, 0.6) is 0 Å². The van der Waals surface area contributed by atoms with Crippen LogP contribution in [0.2, 0.25) is 5.02 Å². The zero-order valence-electron chi connectivity index (χ0n) is 11.7. The maximum absolute atomic E-state index is 6.40. The molecule has 0 aliphatic rings. The van der Waals surface area contributed by atoms with Gasteiger partial charge in [-0.3, -0.25) is 0 Å². The highest BCUT2D eigenvalue weighted by Gasteiger charge is 2.18. The Labute approximate surface area is 138 Å². The van der Waals surface area contributed by atoms with E-state index in [4.69, 9.17) is 11.6 Å². The van der Waals surface area contributed by atoms with Crippen molar-refractivity contribution in [2.45, 2.75) is 32.7 Å². The summed E-state index contributed by atoms with van der Waals surface area (Å²) in [5, 5.41) is 4.43. The summed E-state index contributed by atoms with van der Waals surface area (Å²) in [4.78, 5) is 2.74. The standard InChI is InChI=1S/C16H19BrClNS/c1-3-9-19-16(15-8-6-12(4-2)20-15)13-10-11(17)5-7-14(13)18/h5-8,10,16,19H,3-4,9H2,1-2H3. The third kappa shape index (κ3) is 3.85. The van der Waals surface area contributed by atoms with Crippen molar-refractivity contribution in [3.8, 4) is 0 Å². The first-order valence-electron chi connectivity index (χ1n) is 6.92. The van der Waals surface area contributed by atoms with Gasteiger partial charge in [0.25, 0.3) is 0 Å². The van der Waals surface area contributed by atoms with Gasteiger partial charge < -0.3 is 5.32 Å². The van der Waals surface area contributed by atoms with Crippen molar-refractivity contribution in [1.29, 1.82) is 0 Å². The normalized spacial score (nSPS) is 12.6. The van der Waals surface area contributed by atoms with Gasteiger partial charge in [-0.2, -0.15) is 0 Å². The smallest absolute Gasteiger partial charge is 0.0686 e. The lowest BCUT2D eigenvalue weighted by molar-refractivity contribution is 0.606. The van der Waals surface area contributed by atoms with Crippen LogP contribution in [-0.2, 0) is 6.42 Å². The molecule has 0 fully saturated rings. The molecule has 4 heteroatoms. The molecule has 1 nitrogen and oxygen atoms in total. The minimum Gasteiger partial charge on any atom is -0.306 e. The van der Waals surface area contributed by atoms with Gasteiger partial charge in [-0.1, -0.05) is 41.4 Å². The molecule has 108 valence electrons. The minimum absolute atomic E-state index is 0.172. The summed E-state index contributed by atoms with van der Waals surface area (Å²) < 4.78 is 1.06. The number of rotatable bonds is 6. The molecule has 1 unspecified atom stereocenters. The van der Waals surface area contributed by atoms with Crippen LogP contribution < -0.4 is 5.32 Å². The average molecular weight is 373 g/mol. The molecule has 0 saturated heterocycles. The van der Waals surface area contributed by atoms with E-state index in [0.717, 1.165) is 34.4 Å². The van der Waals surface area contributed by atoms with E-state index in [1.165, 1.54) is 9.75 Å². The number of halogens is 2. The zero-order valence-corrected chi connectivity index (χ0v) is 14.9. The summed E-state index contributed by atoms with van der Waals surface area (Å²) in [6.07, 6.45) is 2.19. The highest BCUT2D eigenvalue weighted by Crippen LogP contribution is 2.34. The molecule has 1 aromatic carbocycles. The SMILES string of the molecule is CCCNC(c1ccc(CC)s1)c1cc(Br)ccc1Cl. The number of benzene rings is 1. The van der Waals surface area contributed by atoms with E-state index < -0.39 is 0 Å². The van der Waals surface area contributed by atoms with Crippen molar-refractivity contribution in [1.82, 2.24) is 5.32 Å². The molecule has 0 aliphatic carbocycles. The highest BCUT2D eigenvalue weighted by atomic mass is 79.9. The summed E-state index contributed by atoms with van der Waals surface area (Å²) in [6.45, 7) is 5.35. The van der Waals surface area contributed by atoms with Crippen LogP contribution in [0.1, 0.15) is 41.6 Å². The van der Waals surface area contributed by atoms with Crippen molar-refractivity contribution in [3.63, 3.8) is 0 Å². The van der Waals surface area contributed by atoms with Crippen LogP contribution in [0.3, 0.4) is 0 Å². The fraction of sp³-hybridized carbons (Fsp3) is 0.375. The van der Waals surface area contributed by atoms with Gasteiger partial charge in [0.1, 0.15) is 0 Å². The van der Waals surface area contributed by atoms with E-state index in [1.54, 1.807) is 0 Å². The molecule has 2 aromatic rings. The molecule has 20 heavy (non-hydrogen) atoms. The summed E-state index contributed by atoms with van der Waals surface area (Å²) in [5.74, 6) is 0. The van der Waals surface area contributed by atoms with Crippen LogP contribution in [0.25, 0.3) is 0 Å². The minimum atomic E-state index is 0.172. The van der Waals surface area contributed by atoms with Gasteiger partial charge in [-0.05, 0) is 55.3 Å². The molecule has 1 atom stereocenters. The highest BCUT2D eigenvalue weighted by molar-refractivity contribution is 9.10. The van der Waals surface area contributed by atoms with Crippen molar-refractivity contribution in [2.75, 3.05) is 6.54 Å². The first kappa shape index (κ1) is 16.0. The number of aryl methyl sites for hydroxylation is 1. The molecular formula is C16H19BrClNS. The number of nitrogens with one attached hydrogen (secondary N) is 1. The van der Waals surface area contributed by atoms with E-state index >= 15 is 0 Å². The first-order valence-corrected chi connectivity index (χ1v) is 8.91. The third-order valence-corrected chi connectivity index (χ3v) is 5.31. The second kappa shape index (κ2) is 7.60. The average Bonchev–Trinajstić information content (AvgIpc) is 2.92. The topological polar surface area (TPSA) is 12.0 Å². The Morgan fingerprint density at radius 2 is 2.05 bits per heavy atom. The van der Waals surface area contributed by atoms with Crippen LogP contribution in [0, 0.1) is 0 Å². The van der Waals surface area contributed by atoms with E-state index in [1.807, 2.05) is 23.5 Å². The molecule has 2 rings (SSSR count). The summed E-state index contributed by atoms with van der Waals surface area (Å²) >= 11 is 11.8. The molecule has 0 bridgehead atoms. The van der Waals surface area contributed by atoms with Gasteiger partial charge in [-0.25, -0.2) is 0 Å². The quantitative estimate of drug-likeness (QED) is 0.674. The molecular weight excluding hydrogens is 354 g/mol. The van der Waals surface area contributed by atoms with E-state index in [2.05, 4.69) is 53.3 Å². The van der Waals surface area contributed by atoms with E-state index in [9.17, 15) is 0 Å². The summed E-state index contributed by atoms with van der Waals surface area (Å²) in [5.41, 5.74) is 1.14. The predicted molar refractivity (Wildman–Crippen MR) is 93.0 cm³/mol. The van der Waals surface area contributed by atoms with Crippen LogP contribution >= 0.6 is 38.9 Å². The molecule has 0 aliphatic heterocycles. The molecule has 0 spiro atoms. The Morgan fingerprint density at radius 1 is 1.25 bits per heavy atom. The van der Waals surface area contributed by atoms with Crippen molar-refractivity contribution in [3.05, 3.63) is 55.1 Å². The van der Waals surface area contributed by atoms with Crippen molar-refractivity contribution < 1.29 is 0 Å². The van der Waals surface area contributed by atoms with Crippen LogP contribution in [0.15, 0.2) is 34.8 Å². The lowest BCUT2D eigenvalue weighted by atomic mass is 10.1. The Hall–Kier alpha value is -0.350. The molecule has 0 radical (unpaired) electrons. The van der Waals surface area contributed by atoms with Crippen molar-refractivity contribution in [2.24, 2.45) is 0 Å². The Kier molecular flexibility index (Phi) is 6.09. The monoisotopic (exact) mass is 371 g/mol. The molecule has 0 saturated carbocycles. The molecule has 1 aromatic heterocycles. The summed E-state index contributed by atoms with van der Waals surface area (Å²) in [7, 11) is 0. The number of hydrogen-bond acceptors (Lipinski definition) is 2. The molecule has 1 heterocycles. The van der Waals surface area contributed by atoms with Gasteiger partial charge in [0.05, 0.1) is 6.04 Å². The zero-order chi connectivity index (χ0) is 14.5. The third-order valence-electron chi connectivity index (χ3n) is 3.18. The Bertz CT molecular complexity index is 567. The lowest BCUT2D eigenvalue weighted by Crippen LogP contribution is -2.22. The second-order valence-corrected chi connectivity index (χ2v) is 7.23. The second-order valence-electron chi connectivity index (χ2n) is 4.71. The molecule has 0 amide bonds. The maximum Gasteiger partial charge on any atom is 0.0686 e. The Balaban J connectivity index is 2.38. The fourth-order valence-corrected chi connectivity index (χ4v) is 3.78. The van der Waals surface area contributed by atoms with Gasteiger partial charge >= 0.3 is 0 Å². The Morgan fingerprint density at radius 3 is 2.70 bits per heavy atom. The van der Waals surface area contributed by atoms with E-state index in [0.29, 0.717) is 0 Å². The largest absolute Gasteiger partial charge is 0.306 e. The fourth-order valence-electron chi connectivity index (χ4n) is 2.13. The lowest BCUT2D eigenvalue weighted by Gasteiger charge is -2.19. The van der Waals surface area contributed by atoms with Gasteiger partial charge in [0, 0.05) is 19.2 Å². The molecule has 1 N–H and O–H groups in total. The number of hydrogen-bond donors (Lipinski definition) is 1. The van der Waals surface area contributed by atoms with Gasteiger partial charge in [0.2, 0.25) is 0 Å². The number of thiophene rings is 1. The van der Waals surface area contributed by atoms with Crippen molar-refractivity contribution >= 4 is 38.9 Å². The van der Waals surface area contributed by atoms with Crippen LogP contribution in [-0.4, -0.2) is 6.54 Å². The van der Waals surface area contributed by atoms with Crippen LogP contribution in [0.4, 0.5) is 0 Å². The van der Waals surface area contributed by atoms with Gasteiger partial charge in [-0.15, -0.1) is 11.3 Å². The van der Waals surface area contributed by atoms with Gasteiger partial charge in [0.15, 0.2) is 0 Å². The van der Waals surface area contributed by atoms with E-state index in [-0.39, 0.29) is 6.04 Å².